The fraction of sp³-hybridized carbons (Fsp3) is 0.333. The van der Waals surface area contributed by atoms with E-state index in [1.807, 2.05) is 0 Å². The Hall–Kier alpha value is 4.38. The summed E-state index contributed by atoms with van der Waals surface area (Å²) in [4.78, 5) is 1.78. The second kappa shape index (κ2) is 29.3. The van der Waals surface area contributed by atoms with Gasteiger partial charge in [-0.1, -0.05) is 0 Å². The van der Waals surface area contributed by atoms with Crippen molar-refractivity contribution in [1.29, 1.82) is 0 Å². The van der Waals surface area contributed by atoms with Gasteiger partial charge in [0.2, 0.25) is 0 Å². The number of nitrogens with zero attached hydrogens (tertiary/aromatic N) is 1. The molecule has 0 aliphatic carbocycles. The van der Waals surface area contributed by atoms with Gasteiger partial charge in [0.05, 0.1) is 0 Å². The molecule has 0 heterocycles. The second-order valence-electron chi connectivity index (χ2n) is 1.12. The third-order valence-corrected chi connectivity index (χ3v) is 0.632. The molecular weight excluding hydrogens is 442 g/mol. The van der Waals surface area contributed by atoms with Crippen molar-refractivity contribution in [3.8, 4) is 0 Å². The maximum Gasteiger partial charge on any atom is 0 e. The first kappa shape index (κ1) is 36.1. The molecule has 0 N–H and O–H groups in total. The summed E-state index contributed by atoms with van der Waals surface area (Å²) in [7, 11) is 3.58. The molecule has 0 amide bonds. The van der Waals surface area contributed by atoms with Gasteiger partial charge in [-0.15, -0.1) is 0 Å². The van der Waals surface area contributed by atoms with E-state index < -0.39 is 0 Å². The molecule has 0 saturated heterocycles. The van der Waals surface area contributed by atoms with Crippen molar-refractivity contribution in [2.75, 3.05) is 13.1 Å². The van der Waals surface area contributed by atoms with E-state index in [0.717, 1.165) is 13.1 Å². The summed E-state index contributed by atoms with van der Waals surface area (Å²) >= 11 is 0. The quantitative estimate of drug-likeness (QED) is 0.567. The minimum atomic E-state index is 0. The Morgan fingerprint density at radius 2 is 1.00 bits per heavy atom. The smallest absolute Gasteiger partial charge is 0 e. The van der Waals surface area contributed by atoms with Crippen LogP contribution in [0.15, 0.2) is 0 Å². The van der Waals surface area contributed by atoms with Gasteiger partial charge in [0, 0.05) is 131 Å². The van der Waals surface area contributed by atoms with Gasteiger partial charge >= 0.3 is 0 Å². The van der Waals surface area contributed by atoms with Gasteiger partial charge in [0.25, 0.3) is 0 Å². The van der Waals surface area contributed by atoms with Crippen molar-refractivity contribution < 1.29 is 131 Å². The van der Waals surface area contributed by atoms with E-state index in [2.05, 4.69) is 20.9 Å². The SMILES string of the molecule is [CH2-]CN([CH2-])C[CH2-].[CH3-].[Y].[Y].[Y].[Y]. The molecule has 11 heavy (non-hydrogen) atoms. The molecule has 0 aliphatic rings. The first-order valence-corrected chi connectivity index (χ1v) is 1.95. The van der Waals surface area contributed by atoms with Crippen LogP contribution in [0.3, 0.4) is 0 Å². The van der Waals surface area contributed by atoms with Crippen molar-refractivity contribution >= 4 is 0 Å². The molecule has 58 valence electrons. The third-order valence-electron chi connectivity index (χ3n) is 0.632. The van der Waals surface area contributed by atoms with Crippen molar-refractivity contribution in [3.63, 3.8) is 0 Å². The molecule has 1 nitrogen and oxygen atoms in total. The molecule has 0 rings (SSSR count). The van der Waals surface area contributed by atoms with Gasteiger partial charge in [0.15, 0.2) is 0 Å². The van der Waals surface area contributed by atoms with Gasteiger partial charge in [-0.25, -0.2) is 0 Å². The molecule has 5 heteroatoms. The Bertz CT molecular complexity index is 33.8. The van der Waals surface area contributed by atoms with Gasteiger partial charge < -0.3 is 26.2 Å². The molecule has 0 unspecified atom stereocenters. The van der Waals surface area contributed by atoms with E-state index in [9.17, 15) is 0 Å². The molecule has 0 aromatic heterocycles. The Morgan fingerprint density at radius 3 is 1.00 bits per heavy atom. The number of hydrogen-bond acceptors (Lipinski definition) is 1. The average molecular weight is 455 g/mol. The van der Waals surface area contributed by atoms with E-state index in [4.69, 9.17) is 0 Å². The molecular formula is C6H13NY4-4. The first-order chi connectivity index (χ1) is 2.81. The fourth-order valence-electron chi connectivity index (χ4n) is 0.112. The topological polar surface area (TPSA) is 3.24 Å². The largest absolute Gasteiger partial charge is 0.510 e. The summed E-state index contributed by atoms with van der Waals surface area (Å²) < 4.78 is 0. The summed E-state index contributed by atoms with van der Waals surface area (Å²) in [5.41, 5.74) is 0. The maximum atomic E-state index is 3.58. The Morgan fingerprint density at radius 1 is 0.818 bits per heavy atom. The Kier molecular flexibility index (Phi) is 96.1. The van der Waals surface area contributed by atoms with E-state index >= 15 is 0 Å². The van der Waals surface area contributed by atoms with Gasteiger partial charge in [-0.05, 0) is 0 Å². The minimum Gasteiger partial charge on any atom is -0.510 e. The van der Waals surface area contributed by atoms with Crippen LogP contribution in [0.1, 0.15) is 0 Å². The van der Waals surface area contributed by atoms with E-state index in [-0.39, 0.29) is 138 Å². The molecule has 0 bridgehead atoms. The maximum absolute atomic E-state index is 3.58. The standard InChI is InChI=1S/C5H10N.CH3.4Y/c1-4-6(3)5-2;;;;;/h1-5H2;1H3;;;;/q-3;-1;;;;. The molecule has 0 fully saturated rings. The predicted octanol–water partition coefficient (Wildman–Crippen LogP) is 1.19. The van der Waals surface area contributed by atoms with Crippen LogP contribution in [0.4, 0.5) is 0 Å². The van der Waals surface area contributed by atoms with Gasteiger partial charge in [-0.2, -0.15) is 13.1 Å². The Balaban J connectivity index is -0.0000000125. The van der Waals surface area contributed by atoms with Crippen molar-refractivity contribution in [2.45, 2.75) is 0 Å². The molecule has 0 aromatic carbocycles. The van der Waals surface area contributed by atoms with Crippen LogP contribution in [-0.2, 0) is 131 Å². The first-order valence-electron chi connectivity index (χ1n) is 1.95. The van der Waals surface area contributed by atoms with Gasteiger partial charge in [-0.3, -0.25) is 7.05 Å². The van der Waals surface area contributed by atoms with Crippen LogP contribution in [0.25, 0.3) is 0 Å². The van der Waals surface area contributed by atoms with Crippen molar-refractivity contribution in [1.82, 2.24) is 4.90 Å². The van der Waals surface area contributed by atoms with E-state index in [1.165, 1.54) is 0 Å². The van der Waals surface area contributed by atoms with Crippen molar-refractivity contribution in [3.05, 3.63) is 28.3 Å². The summed E-state index contributed by atoms with van der Waals surface area (Å²) in [6.45, 7) is 8.64. The number of rotatable bonds is 2. The van der Waals surface area contributed by atoms with Crippen LogP contribution in [0, 0.1) is 28.3 Å². The zero-order chi connectivity index (χ0) is 4.99. The molecule has 0 spiro atoms. The minimum absolute atomic E-state index is 0. The molecule has 0 atom stereocenters. The van der Waals surface area contributed by atoms with E-state index in [1.54, 1.807) is 4.90 Å². The molecule has 4 radical (unpaired) electrons. The van der Waals surface area contributed by atoms with Crippen LogP contribution in [0.2, 0.25) is 0 Å². The Labute approximate surface area is 173 Å². The third kappa shape index (κ3) is 31.4. The monoisotopic (exact) mass is 455 g/mol. The summed E-state index contributed by atoms with van der Waals surface area (Å²) in [5, 5.41) is 0. The van der Waals surface area contributed by atoms with Crippen LogP contribution >= 0.6 is 0 Å². The molecule has 0 saturated carbocycles. The van der Waals surface area contributed by atoms with Crippen LogP contribution in [-0.4, -0.2) is 18.0 Å². The normalized spacial score (nSPS) is 5.45. The summed E-state index contributed by atoms with van der Waals surface area (Å²) in [6.07, 6.45) is 0. The zero-order valence-electron chi connectivity index (χ0n) is 7.29. The number of hydrogen-bond donors (Lipinski definition) is 0. The summed E-state index contributed by atoms with van der Waals surface area (Å²) in [5.74, 6) is 0. The second-order valence-corrected chi connectivity index (χ2v) is 1.12. The van der Waals surface area contributed by atoms with Crippen LogP contribution < -0.4 is 0 Å². The van der Waals surface area contributed by atoms with Crippen LogP contribution in [0.5, 0.6) is 0 Å². The molecule has 0 aromatic rings. The fourth-order valence-corrected chi connectivity index (χ4v) is 0.112. The zero-order valence-corrected chi connectivity index (χ0v) is 18.6. The average Bonchev–Trinajstić information content (AvgIpc) is 1.65. The van der Waals surface area contributed by atoms with Gasteiger partial charge in [0.1, 0.15) is 0 Å². The van der Waals surface area contributed by atoms with Crippen molar-refractivity contribution in [2.24, 2.45) is 0 Å². The summed E-state index contributed by atoms with van der Waals surface area (Å²) in [6, 6.07) is 0. The van der Waals surface area contributed by atoms with E-state index in [0.29, 0.717) is 0 Å². The predicted molar refractivity (Wildman–Crippen MR) is 34.1 cm³/mol. The molecule has 0 aliphatic heterocycles.